The van der Waals surface area contributed by atoms with E-state index in [1.165, 1.54) is 33.4 Å². The molecule has 4 N–H and O–H groups in total. The zero-order valence-electron chi connectivity index (χ0n) is 35.0. The summed E-state index contributed by atoms with van der Waals surface area (Å²) in [4.78, 5) is 31.2. The van der Waals surface area contributed by atoms with Gasteiger partial charge in [-0.05, 0) is 81.2 Å². The molecule has 4 aromatic heterocycles. The predicted octanol–water partition coefficient (Wildman–Crippen LogP) is 4.72. The summed E-state index contributed by atoms with van der Waals surface area (Å²) in [5.74, 6) is -3.71. The van der Waals surface area contributed by atoms with Crippen molar-refractivity contribution in [3.05, 3.63) is 89.3 Å². The average molecular weight is 1050 g/mol. The lowest BCUT2D eigenvalue weighted by Gasteiger charge is -2.42. The molecule has 19 nitrogen and oxygen atoms in total. The molecule has 12 rings (SSSR count). The SMILES string of the molecule is CS(=O)(=O)N(Cc1csc2c1S(=O)(=O)N=C(C1=C(O)C3C4CCC(O4)C3N(Cc3ccsc3)C1=O)N2)Cc1csc2c1S(=O)(=O)N=C(C1=C(O)C3C4CCC(O4)C3N(Cc3ccsc3)C1=O)N2. The fraction of sp³-hybridized carbons (Fsp3) is 0.415. The van der Waals surface area contributed by atoms with Crippen LogP contribution >= 0.6 is 45.3 Å². The third-order valence-corrected chi connectivity index (χ3v) is 21.4. The van der Waals surface area contributed by atoms with Crippen molar-refractivity contribution in [2.24, 2.45) is 20.6 Å². The summed E-state index contributed by atoms with van der Waals surface area (Å²) in [5, 5.41) is 39.9. The van der Waals surface area contributed by atoms with Gasteiger partial charge < -0.3 is 40.1 Å². The third kappa shape index (κ3) is 6.91. The largest absolute Gasteiger partial charge is 0.511 e. The molecule has 12 heterocycles. The van der Waals surface area contributed by atoms with Gasteiger partial charge in [-0.15, -0.1) is 31.5 Å². The third-order valence-electron chi connectivity index (χ3n) is 13.8. The van der Waals surface area contributed by atoms with Crippen LogP contribution in [0.3, 0.4) is 0 Å². The normalized spacial score (nSPS) is 30.0. The van der Waals surface area contributed by atoms with Crippen LogP contribution in [0.5, 0.6) is 0 Å². The van der Waals surface area contributed by atoms with Crippen LogP contribution in [-0.2, 0) is 75.3 Å². The number of fused-ring (bicyclic) bond motifs is 12. The predicted molar refractivity (Wildman–Crippen MR) is 249 cm³/mol. The van der Waals surface area contributed by atoms with E-state index in [-0.39, 0.29) is 103 Å². The molecule has 4 fully saturated rings. The van der Waals surface area contributed by atoms with Gasteiger partial charge in [0, 0.05) is 37.3 Å². The Morgan fingerprint density at radius 2 is 1.12 bits per heavy atom. The fourth-order valence-corrected chi connectivity index (χ4v) is 18.3. The monoisotopic (exact) mass is 1050 g/mol. The van der Waals surface area contributed by atoms with E-state index in [1.807, 2.05) is 33.7 Å². The van der Waals surface area contributed by atoms with Crippen LogP contribution in [-0.4, -0.2) is 116 Å². The molecule has 8 aliphatic heterocycles. The number of hydrogen-bond acceptors (Lipinski definition) is 18. The Balaban J connectivity index is 0.826. The number of carbonyl (C=O) groups is 2. The molecule has 4 aromatic rings. The van der Waals surface area contributed by atoms with Crippen molar-refractivity contribution in [2.75, 3.05) is 16.9 Å². The number of rotatable bonds is 11. The highest BCUT2D eigenvalue weighted by Crippen LogP contribution is 2.51. The van der Waals surface area contributed by atoms with Crippen LogP contribution in [0.2, 0.25) is 0 Å². The van der Waals surface area contributed by atoms with Crippen molar-refractivity contribution in [2.45, 2.75) is 98.2 Å². The van der Waals surface area contributed by atoms with Crippen LogP contribution in [0.1, 0.15) is 47.9 Å². The van der Waals surface area contributed by atoms with Crippen LogP contribution in [0.25, 0.3) is 0 Å². The Morgan fingerprint density at radius 3 is 1.51 bits per heavy atom. The highest BCUT2D eigenvalue weighted by molar-refractivity contribution is 7.91. The lowest BCUT2D eigenvalue weighted by molar-refractivity contribution is -0.134. The van der Waals surface area contributed by atoms with Crippen molar-refractivity contribution in [3.8, 4) is 0 Å². The molecule has 0 aliphatic carbocycles. The van der Waals surface area contributed by atoms with Gasteiger partial charge in [-0.2, -0.15) is 43.8 Å². The Hall–Kier alpha value is -4.51. The van der Waals surface area contributed by atoms with E-state index in [9.17, 15) is 45.1 Å². The summed E-state index contributed by atoms with van der Waals surface area (Å²) in [6.45, 7) is -0.601. The van der Waals surface area contributed by atoms with E-state index in [0.29, 0.717) is 12.8 Å². The van der Waals surface area contributed by atoms with Crippen molar-refractivity contribution >= 4 is 109 Å². The molecule has 4 bridgehead atoms. The molecule has 0 aromatic carbocycles. The first-order valence-electron chi connectivity index (χ1n) is 21.2. The summed E-state index contributed by atoms with van der Waals surface area (Å²) in [6, 6.07) is 2.89. The number of amides is 2. The van der Waals surface area contributed by atoms with Crippen molar-refractivity contribution in [1.29, 1.82) is 0 Å². The molecule has 0 spiro atoms. The smallest absolute Gasteiger partial charge is 0.287 e. The van der Waals surface area contributed by atoms with Crippen LogP contribution in [0, 0.1) is 11.8 Å². The number of ether oxygens (including phenoxy) is 2. The Kier molecular flexibility index (Phi) is 10.1. The van der Waals surface area contributed by atoms with Gasteiger partial charge in [-0.25, -0.2) is 8.42 Å². The highest BCUT2D eigenvalue weighted by Gasteiger charge is 2.60. The minimum atomic E-state index is -4.63. The number of nitrogens with one attached hydrogen (secondary N) is 2. The minimum Gasteiger partial charge on any atom is -0.511 e. The first-order valence-corrected chi connectivity index (χ1v) is 29.6. The number of aliphatic hydroxyl groups is 2. The average Bonchev–Trinajstić information content (AvgIpc) is 4.12. The molecule has 8 atom stereocenters. The van der Waals surface area contributed by atoms with Crippen molar-refractivity contribution < 1.29 is 54.5 Å². The first kappa shape index (κ1) is 43.7. The number of nitrogens with zero attached hydrogens (tertiary/aromatic N) is 5. The number of carbonyl (C=O) groups excluding carboxylic acids is 2. The summed E-state index contributed by atoms with van der Waals surface area (Å²) < 4.78 is 105. The second-order valence-electron chi connectivity index (χ2n) is 17.7. The lowest BCUT2D eigenvalue weighted by Crippen LogP contribution is -2.55. The van der Waals surface area contributed by atoms with Gasteiger partial charge in [-0.1, -0.05) is 0 Å². The van der Waals surface area contributed by atoms with Crippen molar-refractivity contribution in [3.63, 3.8) is 0 Å². The number of amidine groups is 2. The second kappa shape index (κ2) is 15.5. The first-order chi connectivity index (χ1) is 32.0. The summed E-state index contributed by atoms with van der Waals surface area (Å²) in [7, 11) is -13.4. The molecule has 0 radical (unpaired) electrons. The molecular weight excluding hydrogens is 1010 g/mol. The molecule has 8 aliphatic rings. The van der Waals surface area contributed by atoms with E-state index < -0.39 is 78.9 Å². The van der Waals surface area contributed by atoms with Gasteiger partial charge >= 0.3 is 0 Å². The van der Waals surface area contributed by atoms with Gasteiger partial charge in [0.1, 0.15) is 42.5 Å². The molecule has 4 saturated heterocycles. The lowest BCUT2D eigenvalue weighted by atomic mass is 9.78. The number of hydrogen-bond donors (Lipinski definition) is 4. The maximum absolute atomic E-state index is 14.3. The van der Waals surface area contributed by atoms with Gasteiger partial charge in [0.25, 0.3) is 31.9 Å². The second-order valence-corrected chi connectivity index (χ2v) is 26.1. The number of sulfonamides is 3. The van der Waals surface area contributed by atoms with Crippen molar-refractivity contribution in [1.82, 2.24) is 14.1 Å². The van der Waals surface area contributed by atoms with E-state index >= 15 is 0 Å². The standard InChI is InChI=1S/C41H39N7O12S7/c1-65(53,54)46(12-20-16-63-38-34(20)66(55,56)44-36(42-38)28-32(49)26-22-2-4-24(59-22)30(26)47(40(28)51)10-18-6-8-61-14-18)13-21-17-64-39-35(21)67(57,58)45-37(43-39)29-33(50)27-23-3-5-25(60-23)31(27)48(41(29)52)11-19-7-9-62-15-19/h6-9,14-17,22-27,30-31,49-50H,2-5,10-13H2,1H3,(H,42,44)(H,43,45). The Labute approximate surface area is 399 Å². The van der Waals surface area contributed by atoms with Crippen LogP contribution in [0.4, 0.5) is 10.0 Å². The van der Waals surface area contributed by atoms with Crippen LogP contribution in [0.15, 0.2) is 85.7 Å². The molecular formula is C41H39N7O12S7. The summed E-state index contributed by atoms with van der Waals surface area (Å²) in [5.41, 5.74) is 1.25. The van der Waals surface area contributed by atoms with Gasteiger partial charge in [0.05, 0.1) is 54.6 Å². The van der Waals surface area contributed by atoms with E-state index in [0.717, 1.165) is 57.2 Å². The van der Waals surface area contributed by atoms with Crippen LogP contribution < -0.4 is 10.6 Å². The zero-order valence-corrected chi connectivity index (χ0v) is 40.7. The molecule has 26 heteroatoms. The number of thiophene rings is 4. The molecule has 67 heavy (non-hydrogen) atoms. The molecule has 0 saturated carbocycles. The molecule has 352 valence electrons. The Morgan fingerprint density at radius 1 is 0.701 bits per heavy atom. The number of anilines is 2. The maximum atomic E-state index is 14.3. The Bertz CT molecular complexity index is 3070. The molecule has 2 amide bonds. The quantitative estimate of drug-likeness (QED) is 0.159. The van der Waals surface area contributed by atoms with E-state index in [1.54, 1.807) is 9.80 Å². The molecule has 8 unspecified atom stereocenters. The van der Waals surface area contributed by atoms with E-state index in [2.05, 4.69) is 19.4 Å². The van der Waals surface area contributed by atoms with Gasteiger partial charge in [0.2, 0.25) is 10.0 Å². The zero-order chi connectivity index (χ0) is 46.5. The maximum Gasteiger partial charge on any atom is 0.287 e. The number of aliphatic hydroxyl groups excluding tert-OH is 2. The summed E-state index contributed by atoms with van der Waals surface area (Å²) in [6.07, 6.45) is 2.38. The van der Waals surface area contributed by atoms with E-state index in [4.69, 9.17) is 9.47 Å². The topological polar surface area (TPSA) is 254 Å². The summed E-state index contributed by atoms with van der Waals surface area (Å²) >= 11 is 4.82. The highest BCUT2D eigenvalue weighted by atomic mass is 32.2. The minimum absolute atomic E-state index is 0.0352. The van der Waals surface area contributed by atoms with Gasteiger partial charge in [-0.3, -0.25) is 9.59 Å². The van der Waals surface area contributed by atoms with Gasteiger partial charge in [0.15, 0.2) is 11.7 Å². The fourth-order valence-electron chi connectivity index (χ4n) is 11.0.